The standard InChI is InChI=1S/C17H15N3O3S/c1-22-4-5-23-11-3-2-10-6-13(18-12(10)7-11)16-17(21)20-15-9-24-8-14(15)19-16/h2-3,6-9,18H,4-5H2,1H3,(H,20,21). The van der Waals surface area contributed by atoms with E-state index in [9.17, 15) is 4.79 Å². The Morgan fingerprint density at radius 1 is 1.12 bits per heavy atom. The Hall–Kier alpha value is -2.64. The molecule has 0 aliphatic carbocycles. The van der Waals surface area contributed by atoms with Crippen LogP contribution >= 0.6 is 11.3 Å². The van der Waals surface area contributed by atoms with E-state index in [-0.39, 0.29) is 5.56 Å². The molecular weight excluding hydrogens is 326 g/mol. The van der Waals surface area contributed by atoms with Gasteiger partial charge in [-0.15, -0.1) is 11.3 Å². The molecule has 0 saturated heterocycles. The number of ether oxygens (including phenoxy) is 2. The van der Waals surface area contributed by atoms with E-state index in [2.05, 4.69) is 15.0 Å². The number of H-pyrrole nitrogens is 2. The fourth-order valence-corrected chi connectivity index (χ4v) is 3.26. The summed E-state index contributed by atoms with van der Waals surface area (Å²) in [6.07, 6.45) is 0. The molecule has 24 heavy (non-hydrogen) atoms. The minimum atomic E-state index is -0.205. The Balaban J connectivity index is 1.73. The number of nitrogens with one attached hydrogen (secondary N) is 2. The van der Waals surface area contributed by atoms with Crippen LogP contribution in [0.4, 0.5) is 0 Å². The summed E-state index contributed by atoms with van der Waals surface area (Å²) in [5.41, 5.74) is 3.32. The summed E-state index contributed by atoms with van der Waals surface area (Å²) in [6.45, 7) is 1.03. The van der Waals surface area contributed by atoms with Crippen LogP contribution in [0.3, 0.4) is 0 Å². The Bertz CT molecular complexity index is 1060. The molecule has 4 aromatic rings. The first-order valence-corrected chi connectivity index (χ1v) is 8.40. The van der Waals surface area contributed by atoms with E-state index in [0.717, 1.165) is 27.7 Å². The maximum absolute atomic E-state index is 12.3. The molecule has 0 unspecified atom stereocenters. The van der Waals surface area contributed by atoms with Crippen LogP contribution in [-0.4, -0.2) is 35.3 Å². The van der Waals surface area contributed by atoms with Gasteiger partial charge >= 0.3 is 0 Å². The quantitative estimate of drug-likeness (QED) is 0.547. The Kier molecular flexibility index (Phi) is 3.79. The largest absolute Gasteiger partial charge is 0.491 e. The van der Waals surface area contributed by atoms with E-state index in [1.54, 1.807) is 7.11 Å². The summed E-state index contributed by atoms with van der Waals surface area (Å²) in [6, 6.07) is 7.68. The maximum Gasteiger partial charge on any atom is 0.276 e. The third kappa shape index (κ3) is 2.68. The zero-order valence-corrected chi connectivity index (χ0v) is 13.8. The number of hydrogen-bond donors (Lipinski definition) is 2. The predicted octanol–water partition coefficient (Wildman–Crippen LogP) is 3.16. The highest BCUT2D eigenvalue weighted by Crippen LogP contribution is 2.25. The van der Waals surface area contributed by atoms with Gasteiger partial charge in [-0.1, -0.05) is 0 Å². The fraction of sp³-hybridized carbons (Fsp3) is 0.176. The van der Waals surface area contributed by atoms with Crippen molar-refractivity contribution in [3.8, 4) is 17.1 Å². The first-order valence-electron chi connectivity index (χ1n) is 7.46. The van der Waals surface area contributed by atoms with E-state index in [4.69, 9.17) is 9.47 Å². The topological polar surface area (TPSA) is 80.0 Å². The number of methoxy groups -OCH3 is 1. The summed E-state index contributed by atoms with van der Waals surface area (Å²) in [4.78, 5) is 22.9. The summed E-state index contributed by atoms with van der Waals surface area (Å²) < 4.78 is 10.6. The molecule has 0 radical (unpaired) electrons. The van der Waals surface area contributed by atoms with Gasteiger partial charge in [0.1, 0.15) is 12.4 Å². The molecule has 4 rings (SSSR count). The van der Waals surface area contributed by atoms with Crippen LogP contribution in [0.1, 0.15) is 0 Å². The summed E-state index contributed by atoms with van der Waals surface area (Å²) in [5.74, 6) is 0.753. The van der Waals surface area contributed by atoms with Gasteiger partial charge < -0.3 is 19.4 Å². The molecule has 0 saturated carbocycles. The van der Waals surface area contributed by atoms with Crippen molar-refractivity contribution in [3.05, 3.63) is 45.4 Å². The van der Waals surface area contributed by atoms with Crippen LogP contribution in [0.2, 0.25) is 0 Å². The molecule has 122 valence electrons. The molecule has 0 atom stereocenters. The summed E-state index contributed by atoms with van der Waals surface area (Å²) in [7, 11) is 1.64. The van der Waals surface area contributed by atoms with Crippen LogP contribution in [0.25, 0.3) is 33.3 Å². The van der Waals surface area contributed by atoms with Crippen LogP contribution < -0.4 is 10.3 Å². The first kappa shape index (κ1) is 14.9. The van der Waals surface area contributed by atoms with Gasteiger partial charge in [-0.2, -0.15) is 0 Å². The van der Waals surface area contributed by atoms with Crippen molar-refractivity contribution in [2.75, 3.05) is 20.3 Å². The summed E-state index contributed by atoms with van der Waals surface area (Å²) in [5, 5.41) is 4.79. The van der Waals surface area contributed by atoms with E-state index in [0.29, 0.717) is 24.6 Å². The van der Waals surface area contributed by atoms with Crippen LogP contribution in [0, 0.1) is 0 Å². The highest BCUT2D eigenvalue weighted by Gasteiger charge is 2.11. The lowest BCUT2D eigenvalue weighted by Crippen LogP contribution is -2.10. The Morgan fingerprint density at radius 2 is 2.04 bits per heavy atom. The minimum absolute atomic E-state index is 0.205. The number of benzene rings is 1. The third-order valence-electron chi connectivity index (χ3n) is 3.74. The van der Waals surface area contributed by atoms with Gasteiger partial charge in [-0.3, -0.25) is 4.79 Å². The normalized spacial score (nSPS) is 11.4. The van der Waals surface area contributed by atoms with E-state index >= 15 is 0 Å². The number of rotatable bonds is 5. The Morgan fingerprint density at radius 3 is 2.92 bits per heavy atom. The van der Waals surface area contributed by atoms with E-state index in [1.807, 2.05) is 35.0 Å². The average molecular weight is 341 g/mol. The third-order valence-corrected chi connectivity index (χ3v) is 4.47. The van der Waals surface area contributed by atoms with Gasteiger partial charge in [0.05, 0.1) is 23.3 Å². The van der Waals surface area contributed by atoms with Crippen molar-refractivity contribution >= 4 is 33.3 Å². The summed E-state index contributed by atoms with van der Waals surface area (Å²) >= 11 is 1.51. The van der Waals surface area contributed by atoms with E-state index < -0.39 is 0 Å². The SMILES string of the molecule is COCCOc1ccc2cc(-c3nc4cscc4[nH]c3=O)[nH]c2c1. The zero-order chi connectivity index (χ0) is 16.5. The van der Waals surface area contributed by atoms with Crippen molar-refractivity contribution in [2.24, 2.45) is 0 Å². The number of nitrogens with zero attached hydrogens (tertiary/aromatic N) is 1. The molecular formula is C17H15N3O3S. The molecule has 1 aromatic carbocycles. The van der Waals surface area contributed by atoms with Crippen LogP contribution in [0.5, 0.6) is 5.75 Å². The molecule has 0 amide bonds. The fourth-order valence-electron chi connectivity index (χ4n) is 2.57. The second-order valence-electron chi connectivity index (χ2n) is 5.36. The molecule has 6 nitrogen and oxygen atoms in total. The van der Waals surface area contributed by atoms with Crippen molar-refractivity contribution in [1.82, 2.24) is 15.0 Å². The lowest BCUT2D eigenvalue weighted by Gasteiger charge is -2.04. The average Bonchev–Trinajstić information content (AvgIpc) is 3.19. The minimum Gasteiger partial charge on any atom is -0.491 e. The van der Waals surface area contributed by atoms with Crippen LogP contribution in [-0.2, 0) is 4.74 Å². The molecule has 7 heteroatoms. The molecule has 0 aliphatic rings. The molecule has 0 aliphatic heterocycles. The number of aromatic nitrogens is 3. The van der Waals surface area contributed by atoms with Gasteiger partial charge in [-0.05, 0) is 18.2 Å². The van der Waals surface area contributed by atoms with Gasteiger partial charge in [0.25, 0.3) is 5.56 Å². The van der Waals surface area contributed by atoms with Crippen molar-refractivity contribution in [1.29, 1.82) is 0 Å². The molecule has 0 spiro atoms. The lowest BCUT2D eigenvalue weighted by atomic mass is 10.2. The van der Waals surface area contributed by atoms with Crippen LogP contribution in [0.15, 0.2) is 39.8 Å². The molecule has 2 N–H and O–H groups in total. The van der Waals surface area contributed by atoms with Gasteiger partial charge in [-0.25, -0.2) is 4.98 Å². The molecule has 3 aromatic heterocycles. The predicted molar refractivity (Wildman–Crippen MR) is 94.9 cm³/mol. The zero-order valence-electron chi connectivity index (χ0n) is 13.0. The van der Waals surface area contributed by atoms with Gasteiger partial charge in [0.15, 0.2) is 5.69 Å². The number of fused-ring (bicyclic) bond motifs is 2. The molecule has 0 fully saturated rings. The smallest absolute Gasteiger partial charge is 0.276 e. The van der Waals surface area contributed by atoms with Gasteiger partial charge in [0, 0.05) is 34.8 Å². The van der Waals surface area contributed by atoms with Gasteiger partial charge in [0.2, 0.25) is 0 Å². The monoisotopic (exact) mass is 341 g/mol. The number of thiophene rings is 1. The maximum atomic E-state index is 12.3. The highest BCUT2D eigenvalue weighted by atomic mass is 32.1. The lowest BCUT2D eigenvalue weighted by molar-refractivity contribution is 0.146. The number of aromatic amines is 2. The highest BCUT2D eigenvalue weighted by molar-refractivity contribution is 7.09. The van der Waals surface area contributed by atoms with Crippen molar-refractivity contribution in [3.63, 3.8) is 0 Å². The second kappa shape index (κ2) is 6.10. The number of hydrogen-bond acceptors (Lipinski definition) is 5. The van der Waals surface area contributed by atoms with Crippen molar-refractivity contribution in [2.45, 2.75) is 0 Å². The molecule has 0 bridgehead atoms. The van der Waals surface area contributed by atoms with E-state index in [1.165, 1.54) is 11.3 Å². The molecule has 3 heterocycles. The van der Waals surface area contributed by atoms with Crippen molar-refractivity contribution < 1.29 is 9.47 Å². The second-order valence-corrected chi connectivity index (χ2v) is 6.10. The first-order chi connectivity index (χ1) is 11.7. The Labute approximate surface area is 141 Å².